The van der Waals surface area contributed by atoms with Crippen molar-refractivity contribution in [3.63, 3.8) is 0 Å². The molecule has 0 aliphatic carbocycles. The Kier molecular flexibility index (Phi) is 5.49. The third-order valence-corrected chi connectivity index (χ3v) is 6.00. The molecule has 0 aliphatic rings. The van der Waals surface area contributed by atoms with Crippen LogP contribution in [0.2, 0.25) is 0 Å². The van der Waals surface area contributed by atoms with E-state index in [1.54, 1.807) is 38.1 Å². The molecule has 1 heterocycles. The molecule has 1 aromatic heterocycles. The van der Waals surface area contributed by atoms with E-state index in [9.17, 15) is 13.2 Å². The number of rotatable bonds is 6. The second-order valence-electron chi connectivity index (χ2n) is 6.82. The van der Waals surface area contributed by atoms with Gasteiger partial charge in [-0.05, 0) is 30.2 Å². The molecule has 0 saturated heterocycles. The highest BCUT2D eigenvalue weighted by molar-refractivity contribution is 7.89. The van der Waals surface area contributed by atoms with Gasteiger partial charge >= 0.3 is 5.97 Å². The molecule has 9 nitrogen and oxygen atoms in total. The highest BCUT2D eigenvalue weighted by atomic mass is 32.2. The Balaban J connectivity index is 2.04. The van der Waals surface area contributed by atoms with Gasteiger partial charge in [0.25, 0.3) is 0 Å². The lowest BCUT2D eigenvalue weighted by atomic mass is 10.1. The van der Waals surface area contributed by atoms with Gasteiger partial charge in [0.2, 0.25) is 10.0 Å². The summed E-state index contributed by atoms with van der Waals surface area (Å²) < 4.78 is 38.4. The number of sulfonamides is 1. The largest absolute Gasteiger partial charge is 0.468 e. The average molecular weight is 419 g/mol. The van der Waals surface area contributed by atoms with E-state index in [4.69, 9.17) is 15.4 Å². The standard InChI is InChI=1S/C19H21N3O6S/c1-10(2)17(19(23)27-3)22-29(25,26)12-5-7-14-13-6-4-11(18(20)21-24)8-15(13)28-16(14)9-12/h4-10,17,22,24H,1-3H3,(H2,20,21). The second-order valence-corrected chi connectivity index (χ2v) is 8.54. The summed E-state index contributed by atoms with van der Waals surface area (Å²) >= 11 is 0. The van der Waals surface area contributed by atoms with Crippen LogP contribution in [-0.4, -0.2) is 38.6 Å². The number of carbonyl (C=O) groups is 1. The Morgan fingerprint density at radius 3 is 2.38 bits per heavy atom. The molecule has 10 heteroatoms. The Bertz CT molecular complexity index is 1210. The summed E-state index contributed by atoms with van der Waals surface area (Å²) in [5.41, 5.74) is 6.87. The number of nitrogens with two attached hydrogens (primary N) is 1. The summed E-state index contributed by atoms with van der Waals surface area (Å²) in [6, 6.07) is 8.44. The molecule has 4 N–H and O–H groups in total. The Hall–Kier alpha value is -3.11. The predicted octanol–water partition coefficient (Wildman–Crippen LogP) is 2.16. The number of benzene rings is 2. The van der Waals surface area contributed by atoms with Crippen LogP contribution in [0.4, 0.5) is 0 Å². The Morgan fingerprint density at radius 1 is 1.17 bits per heavy atom. The molecular weight excluding hydrogens is 398 g/mol. The van der Waals surface area contributed by atoms with Crippen LogP contribution in [0.5, 0.6) is 0 Å². The number of hydrogen-bond acceptors (Lipinski definition) is 7. The van der Waals surface area contributed by atoms with Gasteiger partial charge in [0, 0.05) is 22.4 Å². The van der Waals surface area contributed by atoms with Crippen molar-refractivity contribution in [1.29, 1.82) is 0 Å². The molecule has 2 aromatic carbocycles. The number of nitrogens with one attached hydrogen (secondary N) is 1. The molecule has 0 spiro atoms. The van der Waals surface area contributed by atoms with Gasteiger partial charge in [0.05, 0.1) is 12.0 Å². The number of furan rings is 1. The van der Waals surface area contributed by atoms with E-state index in [0.29, 0.717) is 22.1 Å². The lowest BCUT2D eigenvalue weighted by molar-refractivity contribution is -0.143. The van der Waals surface area contributed by atoms with Crippen molar-refractivity contribution in [2.75, 3.05) is 7.11 Å². The van der Waals surface area contributed by atoms with Crippen molar-refractivity contribution in [2.24, 2.45) is 16.8 Å². The fourth-order valence-corrected chi connectivity index (χ4v) is 4.31. The van der Waals surface area contributed by atoms with Gasteiger partial charge in [-0.15, -0.1) is 0 Å². The van der Waals surface area contributed by atoms with E-state index in [1.807, 2.05) is 0 Å². The molecule has 0 bridgehead atoms. The monoisotopic (exact) mass is 419 g/mol. The maximum Gasteiger partial charge on any atom is 0.324 e. The summed E-state index contributed by atoms with van der Waals surface area (Å²) in [4.78, 5) is 11.9. The summed E-state index contributed by atoms with van der Waals surface area (Å²) in [7, 11) is -2.79. The van der Waals surface area contributed by atoms with Gasteiger partial charge < -0.3 is 20.1 Å². The van der Waals surface area contributed by atoms with E-state index < -0.39 is 22.0 Å². The van der Waals surface area contributed by atoms with Crippen molar-refractivity contribution in [3.05, 3.63) is 42.0 Å². The topological polar surface area (TPSA) is 144 Å². The molecule has 29 heavy (non-hydrogen) atoms. The number of amidine groups is 1. The van der Waals surface area contributed by atoms with Crippen molar-refractivity contribution in [3.8, 4) is 0 Å². The number of methoxy groups -OCH3 is 1. The predicted molar refractivity (Wildman–Crippen MR) is 107 cm³/mol. The number of oxime groups is 1. The quantitative estimate of drug-likeness (QED) is 0.182. The maximum atomic E-state index is 12.8. The van der Waals surface area contributed by atoms with Crippen LogP contribution in [0.25, 0.3) is 21.9 Å². The van der Waals surface area contributed by atoms with Crippen LogP contribution in [-0.2, 0) is 19.6 Å². The second kappa shape index (κ2) is 7.72. The van der Waals surface area contributed by atoms with E-state index in [0.717, 1.165) is 5.39 Å². The zero-order valence-corrected chi connectivity index (χ0v) is 16.9. The molecule has 1 unspecified atom stereocenters. The zero-order valence-electron chi connectivity index (χ0n) is 16.0. The molecule has 3 aromatic rings. The third kappa shape index (κ3) is 3.89. The van der Waals surface area contributed by atoms with Crippen LogP contribution >= 0.6 is 0 Å². The summed E-state index contributed by atoms with van der Waals surface area (Å²) in [6.45, 7) is 3.43. The number of fused-ring (bicyclic) bond motifs is 3. The maximum absolute atomic E-state index is 12.8. The number of hydrogen-bond donors (Lipinski definition) is 3. The highest BCUT2D eigenvalue weighted by Gasteiger charge is 2.29. The van der Waals surface area contributed by atoms with E-state index >= 15 is 0 Å². The van der Waals surface area contributed by atoms with Crippen molar-refractivity contribution in [1.82, 2.24) is 4.72 Å². The minimum atomic E-state index is -4.00. The van der Waals surface area contributed by atoms with Gasteiger partial charge in [0.1, 0.15) is 17.2 Å². The molecule has 3 rings (SSSR count). The normalized spacial score (nSPS) is 13.9. The van der Waals surface area contributed by atoms with Gasteiger partial charge in [-0.1, -0.05) is 25.1 Å². The highest BCUT2D eigenvalue weighted by Crippen LogP contribution is 2.31. The molecule has 0 amide bonds. The third-order valence-electron chi connectivity index (χ3n) is 4.56. The first-order chi connectivity index (χ1) is 13.7. The lowest BCUT2D eigenvalue weighted by Crippen LogP contribution is -2.44. The number of nitrogens with zero attached hydrogens (tertiary/aromatic N) is 1. The number of carbonyl (C=O) groups excluding carboxylic acids is 1. The van der Waals surface area contributed by atoms with Crippen molar-refractivity contribution >= 4 is 43.8 Å². The van der Waals surface area contributed by atoms with Crippen molar-refractivity contribution in [2.45, 2.75) is 24.8 Å². The molecule has 154 valence electrons. The minimum Gasteiger partial charge on any atom is -0.468 e. The summed E-state index contributed by atoms with van der Waals surface area (Å²) in [5, 5.41) is 13.2. The fourth-order valence-electron chi connectivity index (χ4n) is 2.96. The van der Waals surface area contributed by atoms with Gasteiger partial charge in [-0.3, -0.25) is 4.79 Å². The summed E-state index contributed by atoms with van der Waals surface area (Å²) in [6.07, 6.45) is 0. The minimum absolute atomic E-state index is 0.0460. The molecule has 1 atom stereocenters. The van der Waals surface area contributed by atoms with Crippen LogP contribution in [0.15, 0.2) is 50.9 Å². The first-order valence-electron chi connectivity index (χ1n) is 8.72. The van der Waals surface area contributed by atoms with E-state index in [1.165, 1.54) is 19.2 Å². The fraction of sp³-hybridized carbons (Fsp3) is 0.263. The average Bonchev–Trinajstić information content (AvgIpc) is 3.07. The molecule has 0 aliphatic heterocycles. The van der Waals surface area contributed by atoms with Gasteiger partial charge in [-0.25, -0.2) is 8.42 Å². The zero-order chi connectivity index (χ0) is 21.3. The first-order valence-corrected chi connectivity index (χ1v) is 10.2. The number of ether oxygens (including phenoxy) is 1. The van der Waals surface area contributed by atoms with Crippen LogP contribution in [0, 0.1) is 5.92 Å². The van der Waals surface area contributed by atoms with Crippen LogP contribution < -0.4 is 10.5 Å². The van der Waals surface area contributed by atoms with Crippen LogP contribution in [0.3, 0.4) is 0 Å². The smallest absolute Gasteiger partial charge is 0.324 e. The van der Waals surface area contributed by atoms with E-state index in [-0.39, 0.29) is 16.6 Å². The van der Waals surface area contributed by atoms with E-state index in [2.05, 4.69) is 14.6 Å². The van der Waals surface area contributed by atoms with Crippen LogP contribution in [0.1, 0.15) is 19.4 Å². The Morgan fingerprint density at radius 2 is 1.79 bits per heavy atom. The van der Waals surface area contributed by atoms with Gasteiger partial charge in [-0.2, -0.15) is 4.72 Å². The molecule has 0 radical (unpaired) electrons. The SMILES string of the molecule is COC(=O)C(NS(=O)(=O)c1ccc2c(c1)oc1cc(C(N)=NO)ccc12)C(C)C. The van der Waals surface area contributed by atoms with Gasteiger partial charge in [0.15, 0.2) is 5.84 Å². The molecule has 0 saturated carbocycles. The number of esters is 1. The molecule has 0 fully saturated rings. The lowest BCUT2D eigenvalue weighted by Gasteiger charge is -2.19. The first kappa shape index (κ1) is 20.6. The Labute approximate surface area is 167 Å². The summed E-state index contributed by atoms with van der Waals surface area (Å²) in [5.74, 6) is -1.03. The van der Waals surface area contributed by atoms with Crippen molar-refractivity contribution < 1.29 is 27.6 Å². The molecular formula is C19H21N3O6S.